The lowest BCUT2D eigenvalue weighted by Crippen LogP contribution is -2.25. The molecule has 0 spiro atoms. The predicted octanol–water partition coefficient (Wildman–Crippen LogP) is 4.27. The van der Waals surface area contributed by atoms with Gasteiger partial charge in [-0.25, -0.2) is 4.98 Å². The highest BCUT2D eigenvalue weighted by atomic mass is 32.1. The van der Waals surface area contributed by atoms with Crippen molar-refractivity contribution in [2.75, 3.05) is 6.61 Å². The number of benzene rings is 2. The Morgan fingerprint density at radius 3 is 2.93 bits per heavy atom. The topological polar surface area (TPSA) is 72.2 Å². The van der Waals surface area contributed by atoms with Crippen LogP contribution in [0.3, 0.4) is 0 Å². The minimum absolute atomic E-state index is 0.200. The number of rotatable bonds is 5. The summed E-state index contributed by atoms with van der Waals surface area (Å²) in [5.41, 5.74) is 1.57. The molecule has 27 heavy (non-hydrogen) atoms. The molecular formula is C21H18N2O3S. The second-order valence-corrected chi connectivity index (χ2v) is 8.18. The summed E-state index contributed by atoms with van der Waals surface area (Å²) in [6, 6.07) is 15.3. The van der Waals surface area contributed by atoms with Crippen molar-refractivity contribution in [2.45, 2.75) is 31.8 Å². The number of carbonyl (C=O) groups is 1. The van der Waals surface area contributed by atoms with Crippen molar-refractivity contribution in [3.8, 4) is 17.6 Å². The molecule has 0 saturated carbocycles. The van der Waals surface area contributed by atoms with E-state index in [4.69, 9.17) is 9.47 Å². The smallest absolute Gasteiger partial charge is 0.194 e. The van der Waals surface area contributed by atoms with Crippen LogP contribution in [0.2, 0.25) is 0 Å². The highest BCUT2D eigenvalue weighted by molar-refractivity contribution is 7.18. The molecular weight excluding hydrogens is 360 g/mol. The fraction of sp³-hybridized carbons (Fsp3) is 0.286. The Hall–Kier alpha value is -2.91. The van der Waals surface area contributed by atoms with Crippen LogP contribution in [0.15, 0.2) is 42.5 Å². The van der Waals surface area contributed by atoms with Crippen molar-refractivity contribution in [3.05, 3.63) is 53.0 Å². The van der Waals surface area contributed by atoms with Gasteiger partial charge in [0.05, 0.1) is 16.3 Å². The average Bonchev–Trinajstić information content (AvgIpc) is 3.19. The first kappa shape index (κ1) is 17.5. The van der Waals surface area contributed by atoms with Gasteiger partial charge in [-0.1, -0.05) is 24.3 Å². The van der Waals surface area contributed by atoms with Gasteiger partial charge in [-0.3, -0.25) is 4.79 Å². The molecule has 1 aliphatic rings. The Labute approximate surface area is 161 Å². The van der Waals surface area contributed by atoms with E-state index in [9.17, 15) is 10.1 Å². The van der Waals surface area contributed by atoms with E-state index in [1.807, 2.05) is 50.2 Å². The summed E-state index contributed by atoms with van der Waals surface area (Å²) in [5, 5.41) is 10.0. The molecule has 136 valence electrons. The normalized spacial score (nSPS) is 15.6. The third-order valence-electron chi connectivity index (χ3n) is 4.43. The number of fused-ring (bicyclic) bond motifs is 2. The Kier molecular flexibility index (Phi) is 4.33. The Balaban J connectivity index is 1.51. The van der Waals surface area contributed by atoms with Crippen LogP contribution in [0.25, 0.3) is 10.2 Å². The van der Waals surface area contributed by atoms with Crippen molar-refractivity contribution in [3.63, 3.8) is 0 Å². The number of ether oxygens (including phenoxy) is 2. The van der Waals surface area contributed by atoms with E-state index in [0.717, 1.165) is 22.2 Å². The van der Waals surface area contributed by atoms with E-state index in [0.29, 0.717) is 16.5 Å². The number of Topliss-reactive ketones (excluding diaryl/α,β-unsaturated/α-hetero) is 1. The lowest BCUT2D eigenvalue weighted by molar-refractivity contribution is -0.121. The average molecular weight is 378 g/mol. The van der Waals surface area contributed by atoms with E-state index in [1.54, 1.807) is 6.07 Å². The zero-order valence-electron chi connectivity index (χ0n) is 15.1. The molecule has 3 aromatic rings. The van der Waals surface area contributed by atoms with Crippen LogP contribution in [0.4, 0.5) is 0 Å². The van der Waals surface area contributed by atoms with E-state index in [1.165, 1.54) is 11.3 Å². The molecule has 1 aliphatic heterocycles. The lowest BCUT2D eigenvalue weighted by Gasteiger charge is -2.18. The third kappa shape index (κ3) is 3.38. The van der Waals surface area contributed by atoms with Crippen molar-refractivity contribution >= 4 is 27.3 Å². The number of nitriles is 1. The summed E-state index contributed by atoms with van der Waals surface area (Å²) in [7, 11) is 0. The first-order valence-corrected chi connectivity index (χ1v) is 9.50. The zero-order valence-corrected chi connectivity index (χ0v) is 15.9. The van der Waals surface area contributed by atoms with Gasteiger partial charge < -0.3 is 9.47 Å². The molecule has 1 aromatic heterocycles. The molecule has 1 unspecified atom stereocenters. The van der Waals surface area contributed by atoms with Crippen LogP contribution in [-0.2, 0) is 11.2 Å². The molecule has 1 atom stereocenters. The Morgan fingerprint density at radius 2 is 2.15 bits per heavy atom. The lowest BCUT2D eigenvalue weighted by atomic mass is 10.0. The summed E-state index contributed by atoms with van der Waals surface area (Å²) in [4.78, 5) is 17.1. The van der Waals surface area contributed by atoms with E-state index in [-0.39, 0.29) is 18.0 Å². The Bertz CT molecular complexity index is 1030. The van der Waals surface area contributed by atoms with Gasteiger partial charge >= 0.3 is 0 Å². The molecule has 0 fully saturated rings. The van der Waals surface area contributed by atoms with Crippen molar-refractivity contribution < 1.29 is 14.3 Å². The number of nitrogens with zero attached hydrogens (tertiary/aromatic N) is 2. The van der Waals surface area contributed by atoms with Gasteiger partial charge in [-0.2, -0.15) is 5.26 Å². The molecule has 0 saturated heterocycles. The van der Waals surface area contributed by atoms with Crippen LogP contribution in [0.5, 0.6) is 11.5 Å². The second kappa shape index (κ2) is 6.67. The van der Waals surface area contributed by atoms with Gasteiger partial charge in [0, 0.05) is 12.0 Å². The number of aromatic nitrogens is 1. The van der Waals surface area contributed by atoms with Gasteiger partial charge in [-0.15, -0.1) is 11.3 Å². The quantitative estimate of drug-likeness (QED) is 0.663. The third-order valence-corrected chi connectivity index (χ3v) is 5.53. The molecule has 0 N–H and O–H groups in total. The van der Waals surface area contributed by atoms with Gasteiger partial charge in [0.1, 0.15) is 17.2 Å². The maximum Gasteiger partial charge on any atom is 0.194 e. The van der Waals surface area contributed by atoms with Crippen LogP contribution in [0.1, 0.15) is 30.3 Å². The van der Waals surface area contributed by atoms with Crippen molar-refractivity contribution in [1.82, 2.24) is 4.98 Å². The van der Waals surface area contributed by atoms with Crippen molar-refractivity contribution in [2.24, 2.45) is 0 Å². The maximum absolute atomic E-state index is 12.6. The second-order valence-electron chi connectivity index (χ2n) is 7.12. The monoisotopic (exact) mass is 378 g/mol. The molecule has 4 rings (SSSR count). The molecule has 6 heteroatoms. The molecule has 0 bridgehead atoms. The van der Waals surface area contributed by atoms with E-state index >= 15 is 0 Å². The first-order chi connectivity index (χ1) is 13.0. The molecule has 0 radical (unpaired) electrons. The first-order valence-electron chi connectivity index (χ1n) is 8.68. The van der Waals surface area contributed by atoms with Crippen molar-refractivity contribution in [1.29, 1.82) is 5.26 Å². The number of hydrogen-bond acceptors (Lipinski definition) is 6. The number of thiazole rings is 1. The fourth-order valence-corrected chi connectivity index (χ4v) is 4.25. The predicted molar refractivity (Wildman–Crippen MR) is 103 cm³/mol. The van der Waals surface area contributed by atoms with Crippen LogP contribution in [-0.4, -0.2) is 23.0 Å². The number of para-hydroxylation sites is 2. The zero-order chi connectivity index (χ0) is 19.0. The van der Waals surface area contributed by atoms with Crippen LogP contribution < -0.4 is 9.47 Å². The standard InChI is InChI=1S/C21H18N2O3S/c1-21(2)10-13-6-5-8-17(19(13)26-21)25-12-16(24)14(11-22)20-23-15-7-3-4-9-18(15)27-20/h3-9,14H,10,12H2,1-2H3. The van der Waals surface area contributed by atoms with Gasteiger partial charge in [0.25, 0.3) is 0 Å². The minimum Gasteiger partial charge on any atom is -0.483 e. The number of carbonyl (C=O) groups excluding carboxylic acids is 1. The molecule has 2 aromatic carbocycles. The largest absolute Gasteiger partial charge is 0.483 e. The number of hydrogen-bond donors (Lipinski definition) is 0. The minimum atomic E-state index is -0.934. The maximum atomic E-state index is 12.6. The highest BCUT2D eigenvalue weighted by Crippen LogP contribution is 2.41. The molecule has 5 nitrogen and oxygen atoms in total. The van der Waals surface area contributed by atoms with Crippen LogP contribution >= 0.6 is 11.3 Å². The van der Waals surface area contributed by atoms with E-state index in [2.05, 4.69) is 11.1 Å². The summed E-state index contributed by atoms with van der Waals surface area (Å²) >= 11 is 1.37. The van der Waals surface area contributed by atoms with Gasteiger partial charge in [0.15, 0.2) is 23.2 Å². The molecule has 0 aliphatic carbocycles. The molecule has 0 amide bonds. The summed E-state index contributed by atoms with van der Waals surface area (Å²) < 4.78 is 12.6. The SMILES string of the molecule is CC1(C)Cc2cccc(OCC(=O)C(C#N)c3nc4ccccc4s3)c2O1. The highest BCUT2D eigenvalue weighted by Gasteiger charge is 2.33. The number of ketones is 1. The summed E-state index contributed by atoms with van der Waals surface area (Å²) in [6.07, 6.45) is 0.792. The molecule has 2 heterocycles. The van der Waals surface area contributed by atoms with Gasteiger partial charge in [0.2, 0.25) is 0 Å². The van der Waals surface area contributed by atoms with E-state index < -0.39 is 5.92 Å². The summed E-state index contributed by atoms with van der Waals surface area (Å²) in [6.45, 7) is 3.83. The van der Waals surface area contributed by atoms with Crippen LogP contribution in [0, 0.1) is 11.3 Å². The fourth-order valence-electron chi connectivity index (χ4n) is 3.21. The van der Waals surface area contributed by atoms with Gasteiger partial charge in [-0.05, 0) is 32.0 Å². The Morgan fingerprint density at radius 1 is 1.33 bits per heavy atom. The summed E-state index contributed by atoms with van der Waals surface area (Å²) in [5.74, 6) is -0.0286.